The summed E-state index contributed by atoms with van der Waals surface area (Å²) in [6.07, 6.45) is -0.583. The number of aryl methyl sites for hydroxylation is 1. The topological polar surface area (TPSA) is 56.1 Å². The molecule has 0 saturated carbocycles. The molecule has 0 radical (unpaired) electrons. The summed E-state index contributed by atoms with van der Waals surface area (Å²) in [4.78, 5) is 12.0. The molecule has 6 heteroatoms. The Morgan fingerprint density at radius 1 is 1.43 bits per heavy atom. The normalized spacial score (nSPS) is 12.7. The maximum atomic E-state index is 12.0. The Labute approximate surface area is 132 Å². The number of ether oxygens (including phenoxy) is 1. The van der Waals surface area contributed by atoms with Gasteiger partial charge in [-0.05, 0) is 31.0 Å². The number of carbonyl (C=O) groups excluding carboxylic acids is 1. The van der Waals surface area contributed by atoms with Crippen molar-refractivity contribution in [3.8, 4) is 5.88 Å². The Hall–Kier alpha value is -1.56. The molecular weight excluding hydrogens is 334 g/mol. The van der Waals surface area contributed by atoms with E-state index >= 15 is 0 Å². The molecular formula is C15H20BrN3O2. The fraction of sp³-hybridized carbons (Fsp3) is 0.467. The quantitative estimate of drug-likeness (QED) is 0.898. The summed E-state index contributed by atoms with van der Waals surface area (Å²) in [5.74, 6) is 0.756. The van der Waals surface area contributed by atoms with E-state index in [0.717, 1.165) is 15.4 Å². The molecule has 1 aromatic carbocycles. The summed E-state index contributed by atoms with van der Waals surface area (Å²) < 4.78 is 8.43. The van der Waals surface area contributed by atoms with Crippen LogP contribution in [0.2, 0.25) is 0 Å². The highest BCUT2D eigenvalue weighted by molar-refractivity contribution is 9.10. The van der Waals surface area contributed by atoms with Gasteiger partial charge in [0.2, 0.25) is 5.88 Å². The largest absolute Gasteiger partial charge is 0.463 e. The van der Waals surface area contributed by atoms with Crippen LogP contribution in [0.1, 0.15) is 20.8 Å². The van der Waals surface area contributed by atoms with Crippen LogP contribution in [0.25, 0.3) is 10.9 Å². The van der Waals surface area contributed by atoms with Gasteiger partial charge in [-0.2, -0.15) is 0 Å². The maximum absolute atomic E-state index is 12.0. The molecule has 114 valence electrons. The number of aromatic nitrogens is 2. The zero-order valence-electron chi connectivity index (χ0n) is 12.7. The number of hydrogen-bond donors (Lipinski definition) is 1. The number of carbonyl (C=O) groups is 1. The summed E-state index contributed by atoms with van der Waals surface area (Å²) >= 11 is 3.44. The van der Waals surface area contributed by atoms with Gasteiger partial charge in [-0.3, -0.25) is 9.48 Å². The summed E-state index contributed by atoms with van der Waals surface area (Å²) in [5.41, 5.74) is 0.961. The average molecular weight is 354 g/mol. The highest BCUT2D eigenvalue weighted by atomic mass is 79.9. The molecule has 21 heavy (non-hydrogen) atoms. The van der Waals surface area contributed by atoms with E-state index in [1.54, 1.807) is 11.6 Å². The molecule has 1 heterocycles. The van der Waals surface area contributed by atoms with Gasteiger partial charge in [0, 0.05) is 18.1 Å². The van der Waals surface area contributed by atoms with Crippen molar-refractivity contribution in [1.82, 2.24) is 15.1 Å². The molecule has 0 aliphatic rings. The van der Waals surface area contributed by atoms with E-state index in [9.17, 15) is 4.79 Å². The van der Waals surface area contributed by atoms with Gasteiger partial charge in [-0.25, -0.2) is 0 Å². The Morgan fingerprint density at radius 2 is 2.14 bits per heavy atom. The number of fused-ring (bicyclic) bond motifs is 1. The predicted octanol–water partition coefficient (Wildman–Crippen LogP) is 2.88. The minimum absolute atomic E-state index is 0.127. The minimum Gasteiger partial charge on any atom is -0.463 e. The molecule has 0 fully saturated rings. The highest BCUT2D eigenvalue weighted by Crippen LogP contribution is 2.28. The fourth-order valence-electron chi connectivity index (χ4n) is 1.96. The second-order valence-corrected chi connectivity index (χ2v) is 6.40. The zero-order chi connectivity index (χ0) is 15.6. The first-order valence-corrected chi connectivity index (χ1v) is 7.74. The number of rotatable bonds is 5. The number of hydrogen-bond acceptors (Lipinski definition) is 3. The molecule has 0 saturated heterocycles. The number of nitrogens with one attached hydrogen (secondary N) is 1. The minimum atomic E-state index is -0.583. The van der Waals surface area contributed by atoms with Gasteiger partial charge in [0.05, 0.1) is 10.9 Å². The molecule has 0 aliphatic carbocycles. The van der Waals surface area contributed by atoms with Crippen molar-refractivity contribution >= 4 is 32.7 Å². The number of halogens is 1. The van der Waals surface area contributed by atoms with Crippen LogP contribution in [0, 0.1) is 5.92 Å². The summed E-state index contributed by atoms with van der Waals surface area (Å²) in [6.45, 7) is 6.47. The Morgan fingerprint density at radius 3 is 2.81 bits per heavy atom. The summed E-state index contributed by atoms with van der Waals surface area (Å²) in [5, 5.41) is 8.09. The molecule has 1 N–H and O–H groups in total. The third-order valence-electron chi connectivity index (χ3n) is 3.12. The van der Waals surface area contributed by atoms with Gasteiger partial charge in [-0.15, -0.1) is 5.10 Å². The van der Waals surface area contributed by atoms with Crippen molar-refractivity contribution in [1.29, 1.82) is 0 Å². The molecule has 5 nitrogen and oxygen atoms in total. The van der Waals surface area contributed by atoms with Crippen molar-refractivity contribution in [2.24, 2.45) is 13.0 Å². The number of benzene rings is 1. The molecule has 0 aliphatic heterocycles. The van der Waals surface area contributed by atoms with Crippen molar-refractivity contribution < 1.29 is 9.53 Å². The van der Waals surface area contributed by atoms with Crippen LogP contribution in [0.4, 0.5) is 0 Å². The van der Waals surface area contributed by atoms with E-state index in [-0.39, 0.29) is 5.91 Å². The first-order valence-electron chi connectivity index (χ1n) is 6.95. The van der Waals surface area contributed by atoms with Crippen LogP contribution < -0.4 is 10.1 Å². The highest BCUT2D eigenvalue weighted by Gasteiger charge is 2.18. The predicted molar refractivity (Wildman–Crippen MR) is 86.4 cm³/mol. The van der Waals surface area contributed by atoms with Crippen LogP contribution in [0.15, 0.2) is 22.7 Å². The summed E-state index contributed by atoms with van der Waals surface area (Å²) in [6, 6.07) is 5.85. The lowest BCUT2D eigenvalue weighted by Crippen LogP contribution is -2.38. The lowest BCUT2D eigenvalue weighted by molar-refractivity contribution is -0.127. The van der Waals surface area contributed by atoms with Crippen molar-refractivity contribution in [2.75, 3.05) is 6.54 Å². The Balaban J connectivity index is 2.16. The molecule has 1 unspecified atom stereocenters. The van der Waals surface area contributed by atoms with E-state index in [1.165, 1.54) is 0 Å². The van der Waals surface area contributed by atoms with Crippen molar-refractivity contribution in [3.63, 3.8) is 0 Å². The van der Waals surface area contributed by atoms with Gasteiger partial charge < -0.3 is 10.1 Å². The van der Waals surface area contributed by atoms with E-state index in [2.05, 4.69) is 40.2 Å². The number of nitrogens with zero attached hydrogens (tertiary/aromatic N) is 2. The van der Waals surface area contributed by atoms with E-state index in [4.69, 9.17) is 4.74 Å². The molecule has 2 rings (SSSR count). The lowest BCUT2D eigenvalue weighted by Gasteiger charge is -2.14. The standard InChI is InChI=1S/C15H20BrN3O2/c1-9(2)8-17-14(20)10(3)21-15-12-7-11(16)5-6-13(12)19(4)18-15/h5-7,9-10H,8H2,1-4H3,(H,17,20). The third kappa shape index (κ3) is 3.75. The lowest BCUT2D eigenvalue weighted by atomic mass is 10.2. The van der Waals surface area contributed by atoms with Crippen LogP contribution >= 0.6 is 15.9 Å². The first kappa shape index (κ1) is 15.8. The fourth-order valence-corrected chi connectivity index (χ4v) is 2.32. The van der Waals surface area contributed by atoms with Crippen LogP contribution in [-0.2, 0) is 11.8 Å². The molecule has 1 aromatic heterocycles. The SMILES string of the molecule is CC(C)CNC(=O)C(C)Oc1nn(C)c2ccc(Br)cc12. The average Bonchev–Trinajstić information content (AvgIpc) is 2.72. The second kappa shape index (κ2) is 6.47. The Kier molecular flexibility index (Phi) is 4.88. The smallest absolute Gasteiger partial charge is 0.260 e. The van der Waals surface area contributed by atoms with Gasteiger partial charge in [0.25, 0.3) is 5.91 Å². The summed E-state index contributed by atoms with van der Waals surface area (Å²) in [7, 11) is 1.85. The molecule has 2 aromatic rings. The van der Waals surface area contributed by atoms with Crippen LogP contribution in [-0.4, -0.2) is 28.3 Å². The maximum Gasteiger partial charge on any atom is 0.260 e. The number of amides is 1. The van der Waals surface area contributed by atoms with Gasteiger partial charge in [0.15, 0.2) is 6.10 Å². The van der Waals surface area contributed by atoms with E-state index in [0.29, 0.717) is 18.3 Å². The van der Waals surface area contributed by atoms with E-state index < -0.39 is 6.10 Å². The first-order chi connectivity index (χ1) is 9.88. The molecule has 0 spiro atoms. The van der Waals surface area contributed by atoms with Crippen LogP contribution in [0.5, 0.6) is 5.88 Å². The third-order valence-corrected chi connectivity index (χ3v) is 3.61. The monoisotopic (exact) mass is 353 g/mol. The zero-order valence-corrected chi connectivity index (χ0v) is 14.3. The second-order valence-electron chi connectivity index (χ2n) is 5.49. The van der Waals surface area contributed by atoms with Gasteiger partial charge in [0.1, 0.15) is 0 Å². The van der Waals surface area contributed by atoms with Gasteiger partial charge in [-0.1, -0.05) is 29.8 Å². The van der Waals surface area contributed by atoms with E-state index in [1.807, 2.05) is 25.2 Å². The molecule has 0 bridgehead atoms. The molecule has 1 amide bonds. The van der Waals surface area contributed by atoms with Gasteiger partial charge >= 0.3 is 0 Å². The Bertz CT molecular complexity index is 652. The molecule has 1 atom stereocenters. The van der Waals surface area contributed by atoms with Crippen molar-refractivity contribution in [3.05, 3.63) is 22.7 Å². The van der Waals surface area contributed by atoms with Crippen molar-refractivity contribution in [2.45, 2.75) is 26.9 Å². The van der Waals surface area contributed by atoms with Crippen LogP contribution in [0.3, 0.4) is 0 Å².